The van der Waals surface area contributed by atoms with Crippen LogP contribution in [0, 0.1) is 0 Å². The predicted octanol–water partition coefficient (Wildman–Crippen LogP) is -1.48. The van der Waals surface area contributed by atoms with Crippen molar-refractivity contribution >= 4 is 12.6 Å². The van der Waals surface area contributed by atoms with Gasteiger partial charge in [0.15, 0.2) is 5.82 Å². The number of thiol groups is 1. The third-order valence-electron chi connectivity index (χ3n) is 1.20. The van der Waals surface area contributed by atoms with Crippen LogP contribution in [-0.4, -0.2) is 40.8 Å². The van der Waals surface area contributed by atoms with E-state index in [1.807, 2.05) is 0 Å². The van der Waals surface area contributed by atoms with Gasteiger partial charge in [-0.2, -0.15) is 0 Å². The fraction of sp³-hybridized carbons (Fsp3) is 0.333. The third-order valence-corrected chi connectivity index (χ3v) is 1.52. The van der Waals surface area contributed by atoms with Crippen LogP contribution in [0.25, 0.3) is 0 Å². The lowest BCUT2D eigenvalue weighted by molar-refractivity contribution is 0.583. The zero-order chi connectivity index (χ0) is 8.39. The van der Waals surface area contributed by atoms with Crippen molar-refractivity contribution in [2.45, 2.75) is 11.7 Å². The van der Waals surface area contributed by atoms with E-state index in [9.17, 15) is 0 Å². The van der Waals surface area contributed by atoms with Crippen molar-refractivity contribution in [2.75, 3.05) is 0 Å². The molecule has 8 nitrogen and oxygen atoms in total. The van der Waals surface area contributed by atoms with E-state index in [2.05, 4.69) is 48.8 Å². The van der Waals surface area contributed by atoms with Crippen LogP contribution in [-0.2, 0) is 6.54 Å². The molecule has 62 valence electrons. The molecule has 1 N–H and O–H groups in total. The van der Waals surface area contributed by atoms with Crippen LogP contribution in [0.5, 0.6) is 0 Å². The summed E-state index contributed by atoms with van der Waals surface area (Å²) in [4.78, 5) is 0. The van der Waals surface area contributed by atoms with Crippen molar-refractivity contribution in [3.05, 3.63) is 5.82 Å². The van der Waals surface area contributed by atoms with Crippen LogP contribution in [0.4, 0.5) is 0 Å². The quantitative estimate of drug-likeness (QED) is 0.552. The van der Waals surface area contributed by atoms with E-state index in [0.29, 0.717) is 17.5 Å². The summed E-state index contributed by atoms with van der Waals surface area (Å²) in [6, 6.07) is 0. The van der Waals surface area contributed by atoms with Crippen molar-refractivity contribution < 1.29 is 0 Å². The number of rotatable bonds is 2. The molecule has 0 aliphatic carbocycles. The SMILES string of the molecule is Sc1nnnn1Cc1nnn[nH]1. The van der Waals surface area contributed by atoms with E-state index < -0.39 is 0 Å². The lowest BCUT2D eigenvalue weighted by Gasteiger charge is -1.93. The summed E-state index contributed by atoms with van der Waals surface area (Å²) in [7, 11) is 0. The number of aromatic nitrogens is 8. The first-order valence-corrected chi connectivity index (χ1v) is 3.49. The zero-order valence-electron chi connectivity index (χ0n) is 5.78. The Kier molecular flexibility index (Phi) is 1.70. The molecule has 0 bridgehead atoms. The second kappa shape index (κ2) is 2.85. The van der Waals surface area contributed by atoms with Gasteiger partial charge in [-0.25, -0.2) is 9.78 Å². The second-order valence-electron chi connectivity index (χ2n) is 1.98. The molecule has 0 saturated carbocycles. The summed E-state index contributed by atoms with van der Waals surface area (Å²) >= 11 is 4.00. The number of aromatic amines is 1. The molecule has 0 aliphatic heterocycles. The molecule has 0 saturated heterocycles. The molecule has 2 aromatic heterocycles. The minimum absolute atomic E-state index is 0.388. The standard InChI is InChI=1S/C3H4N8S/c12-3-6-9-10-11(3)1-2-4-7-8-5-2/h1H2,(H,6,10,12)(H,4,5,7,8). The van der Waals surface area contributed by atoms with Gasteiger partial charge in [0, 0.05) is 0 Å². The minimum atomic E-state index is 0.388. The molecule has 0 aliphatic rings. The molecule has 0 unspecified atom stereocenters. The zero-order valence-corrected chi connectivity index (χ0v) is 6.68. The lowest BCUT2D eigenvalue weighted by atomic mass is 10.6. The maximum atomic E-state index is 4.00. The number of nitrogens with one attached hydrogen (secondary N) is 1. The van der Waals surface area contributed by atoms with Gasteiger partial charge in [-0.1, -0.05) is 0 Å². The molecule has 0 aromatic carbocycles. The molecule has 0 amide bonds. The van der Waals surface area contributed by atoms with E-state index in [1.54, 1.807) is 0 Å². The minimum Gasteiger partial charge on any atom is -0.241 e. The molecule has 9 heteroatoms. The van der Waals surface area contributed by atoms with E-state index in [0.717, 1.165) is 0 Å². The van der Waals surface area contributed by atoms with E-state index in [1.165, 1.54) is 4.68 Å². The van der Waals surface area contributed by atoms with E-state index in [4.69, 9.17) is 0 Å². The number of hydrogen-bond acceptors (Lipinski definition) is 7. The van der Waals surface area contributed by atoms with Crippen LogP contribution in [0.1, 0.15) is 5.82 Å². The summed E-state index contributed by atoms with van der Waals surface area (Å²) in [5.41, 5.74) is 0. The molecular formula is C3H4N8S. The fourth-order valence-corrected chi connectivity index (χ4v) is 0.841. The highest BCUT2D eigenvalue weighted by atomic mass is 32.1. The van der Waals surface area contributed by atoms with Crippen molar-refractivity contribution in [1.82, 2.24) is 40.8 Å². The van der Waals surface area contributed by atoms with Gasteiger partial charge in [0.25, 0.3) is 0 Å². The Hall–Kier alpha value is -1.51. The van der Waals surface area contributed by atoms with Crippen molar-refractivity contribution in [3.8, 4) is 0 Å². The summed E-state index contributed by atoms with van der Waals surface area (Å²) in [6.07, 6.45) is 0. The van der Waals surface area contributed by atoms with Crippen LogP contribution in [0.3, 0.4) is 0 Å². The van der Waals surface area contributed by atoms with Gasteiger partial charge in [-0.15, -0.1) is 22.8 Å². The highest BCUT2D eigenvalue weighted by molar-refractivity contribution is 7.80. The first-order chi connectivity index (χ1) is 5.86. The van der Waals surface area contributed by atoms with Gasteiger partial charge in [-0.05, 0) is 20.9 Å². The fourth-order valence-electron chi connectivity index (χ4n) is 0.690. The van der Waals surface area contributed by atoms with E-state index >= 15 is 0 Å². The number of tetrazole rings is 2. The molecule has 0 atom stereocenters. The molecule has 0 radical (unpaired) electrons. The number of nitrogens with zero attached hydrogens (tertiary/aromatic N) is 7. The van der Waals surface area contributed by atoms with Crippen molar-refractivity contribution in [1.29, 1.82) is 0 Å². The maximum Gasteiger partial charge on any atom is 0.206 e. The number of hydrogen-bond donors (Lipinski definition) is 2. The molecule has 0 spiro atoms. The lowest BCUT2D eigenvalue weighted by Crippen LogP contribution is -2.04. The Balaban J connectivity index is 2.20. The van der Waals surface area contributed by atoms with Crippen LogP contribution < -0.4 is 0 Å². The maximum absolute atomic E-state index is 4.00. The molecule has 0 fully saturated rings. The Bertz CT molecular complexity index is 350. The van der Waals surface area contributed by atoms with Gasteiger partial charge in [-0.3, -0.25) is 0 Å². The molecule has 12 heavy (non-hydrogen) atoms. The first kappa shape index (κ1) is 7.16. The Morgan fingerprint density at radius 2 is 2.25 bits per heavy atom. The van der Waals surface area contributed by atoms with Crippen LogP contribution >= 0.6 is 12.6 Å². The molecular weight excluding hydrogens is 180 g/mol. The summed E-state index contributed by atoms with van der Waals surface area (Å²) < 4.78 is 1.46. The summed E-state index contributed by atoms with van der Waals surface area (Å²) in [5, 5.41) is 24.1. The average molecular weight is 184 g/mol. The van der Waals surface area contributed by atoms with Crippen LogP contribution in [0.15, 0.2) is 5.16 Å². The highest BCUT2D eigenvalue weighted by Gasteiger charge is 2.03. The van der Waals surface area contributed by atoms with Gasteiger partial charge in [0.2, 0.25) is 5.16 Å². The van der Waals surface area contributed by atoms with Crippen molar-refractivity contribution in [2.24, 2.45) is 0 Å². The predicted molar refractivity (Wildman–Crippen MR) is 38.3 cm³/mol. The highest BCUT2D eigenvalue weighted by Crippen LogP contribution is 1.98. The second-order valence-corrected chi connectivity index (χ2v) is 2.38. The van der Waals surface area contributed by atoms with Gasteiger partial charge >= 0.3 is 0 Å². The topological polar surface area (TPSA) is 98.1 Å². The average Bonchev–Trinajstić information content (AvgIpc) is 2.65. The largest absolute Gasteiger partial charge is 0.241 e. The summed E-state index contributed by atoms with van der Waals surface area (Å²) in [6.45, 7) is 0.388. The monoisotopic (exact) mass is 184 g/mol. The van der Waals surface area contributed by atoms with Gasteiger partial charge in [0.05, 0.1) is 0 Å². The normalized spacial score (nSPS) is 10.4. The third kappa shape index (κ3) is 1.25. The van der Waals surface area contributed by atoms with Crippen molar-refractivity contribution in [3.63, 3.8) is 0 Å². The summed E-state index contributed by atoms with van der Waals surface area (Å²) in [5.74, 6) is 0.581. The number of H-pyrrole nitrogens is 1. The Labute approximate surface area is 71.8 Å². The smallest absolute Gasteiger partial charge is 0.206 e. The molecule has 2 rings (SSSR count). The van der Waals surface area contributed by atoms with Gasteiger partial charge < -0.3 is 0 Å². The van der Waals surface area contributed by atoms with Crippen LogP contribution in [0.2, 0.25) is 0 Å². The first-order valence-electron chi connectivity index (χ1n) is 3.04. The Morgan fingerprint density at radius 3 is 2.83 bits per heavy atom. The van der Waals surface area contributed by atoms with E-state index in [-0.39, 0.29) is 0 Å². The molecule has 2 aromatic rings. The Morgan fingerprint density at radius 1 is 1.33 bits per heavy atom. The molecule has 2 heterocycles. The van der Waals surface area contributed by atoms with Gasteiger partial charge in [0.1, 0.15) is 6.54 Å².